The molecule has 24 heavy (non-hydrogen) atoms. The van der Waals surface area contributed by atoms with Crippen LogP contribution in [0.15, 0.2) is 0 Å². The number of nitrogens with one attached hydrogen (secondary N) is 1. The van der Waals surface area contributed by atoms with Gasteiger partial charge in [-0.05, 0) is 38.6 Å². The number of piperidine rings is 1. The van der Waals surface area contributed by atoms with Crippen molar-refractivity contribution in [3.8, 4) is 0 Å². The first kappa shape index (κ1) is 19.0. The van der Waals surface area contributed by atoms with E-state index in [-0.39, 0.29) is 25.0 Å². The molecule has 0 aromatic carbocycles. The lowest BCUT2D eigenvalue weighted by molar-refractivity contribution is -0.165. The number of carbonyl (C=O) groups excluding carboxylic acids is 2. The second-order valence-electron chi connectivity index (χ2n) is 6.65. The molecular weight excluding hydrogens is 323 g/mol. The largest absolute Gasteiger partial charge is 0.406 e. The second kappa shape index (κ2) is 8.18. The lowest BCUT2D eigenvalue weighted by Crippen LogP contribution is -2.52. The Labute approximate surface area is 140 Å². The highest BCUT2D eigenvalue weighted by Crippen LogP contribution is 2.24. The molecule has 5 nitrogen and oxygen atoms in total. The molecule has 138 valence electrons. The van der Waals surface area contributed by atoms with Gasteiger partial charge in [0.1, 0.15) is 6.54 Å². The Morgan fingerprint density at radius 1 is 1.25 bits per heavy atom. The van der Waals surface area contributed by atoms with E-state index in [1.165, 1.54) is 0 Å². The van der Waals surface area contributed by atoms with Gasteiger partial charge in [-0.2, -0.15) is 13.2 Å². The van der Waals surface area contributed by atoms with Gasteiger partial charge in [0.05, 0.1) is 12.0 Å². The van der Waals surface area contributed by atoms with E-state index in [4.69, 9.17) is 0 Å². The van der Waals surface area contributed by atoms with Gasteiger partial charge < -0.3 is 15.1 Å². The molecule has 1 N–H and O–H groups in total. The molecule has 0 saturated carbocycles. The third kappa shape index (κ3) is 5.09. The molecule has 0 aliphatic carbocycles. The number of alkyl halides is 3. The highest BCUT2D eigenvalue weighted by Gasteiger charge is 2.38. The molecule has 2 saturated heterocycles. The molecule has 0 radical (unpaired) electrons. The van der Waals surface area contributed by atoms with Gasteiger partial charge in [-0.15, -0.1) is 0 Å². The van der Waals surface area contributed by atoms with Crippen LogP contribution in [-0.2, 0) is 9.59 Å². The van der Waals surface area contributed by atoms with Gasteiger partial charge in [0.15, 0.2) is 0 Å². The van der Waals surface area contributed by atoms with Crippen LogP contribution < -0.4 is 5.32 Å². The van der Waals surface area contributed by atoms with Gasteiger partial charge in [-0.25, -0.2) is 0 Å². The first-order valence-electron chi connectivity index (χ1n) is 8.69. The van der Waals surface area contributed by atoms with Crippen LogP contribution >= 0.6 is 0 Å². The lowest BCUT2D eigenvalue weighted by Gasteiger charge is -2.36. The third-order valence-electron chi connectivity index (χ3n) is 4.62. The Kier molecular flexibility index (Phi) is 6.48. The van der Waals surface area contributed by atoms with Gasteiger partial charge in [0.25, 0.3) is 0 Å². The summed E-state index contributed by atoms with van der Waals surface area (Å²) < 4.78 is 38.1. The van der Waals surface area contributed by atoms with E-state index in [1.807, 2.05) is 0 Å². The highest BCUT2D eigenvalue weighted by atomic mass is 19.4. The Balaban J connectivity index is 1.98. The fraction of sp³-hybridized carbons (Fsp3) is 0.875. The molecule has 0 aromatic heterocycles. The van der Waals surface area contributed by atoms with Crippen LogP contribution in [0.3, 0.4) is 0 Å². The summed E-state index contributed by atoms with van der Waals surface area (Å²) in [4.78, 5) is 27.5. The number of nitrogens with zero attached hydrogens (tertiary/aromatic N) is 2. The summed E-state index contributed by atoms with van der Waals surface area (Å²) >= 11 is 0. The van der Waals surface area contributed by atoms with Crippen LogP contribution in [0.4, 0.5) is 13.2 Å². The van der Waals surface area contributed by atoms with Gasteiger partial charge in [0.2, 0.25) is 11.8 Å². The quantitative estimate of drug-likeness (QED) is 0.823. The van der Waals surface area contributed by atoms with Crippen LogP contribution in [0.2, 0.25) is 0 Å². The van der Waals surface area contributed by atoms with Gasteiger partial charge in [0, 0.05) is 19.6 Å². The van der Waals surface area contributed by atoms with Crippen molar-refractivity contribution in [3.63, 3.8) is 0 Å². The van der Waals surface area contributed by atoms with Crippen LogP contribution in [-0.4, -0.2) is 66.6 Å². The maximum atomic E-state index is 12.7. The number of carbonyl (C=O) groups is 2. The molecule has 2 fully saturated rings. The molecule has 8 heteroatoms. The zero-order valence-corrected chi connectivity index (χ0v) is 14.1. The SMILES string of the molecule is CCCN(CC(F)(F)F)C(=O)C1CCCN(C(=O)C2CCCN2)C1. The molecule has 2 heterocycles. The van der Waals surface area contributed by atoms with Crippen LogP contribution in [0.25, 0.3) is 0 Å². The van der Waals surface area contributed by atoms with Gasteiger partial charge >= 0.3 is 6.18 Å². The Morgan fingerprint density at radius 3 is 2.58 bits per heavy atom. The minimum Gasteiger partial charge on any atom is -0.341 e. The van der Waals surface area contributed by atoms with E-state index in [1.54, 1.807) is 11.8 Å². The summed E-state index contributed by atoms with van der Waals surface area (Å²) in [5, 5.41) is 3.14. The van der Waals surface area contributed by atoms with E-state index in [0.717, 1.165) is 24.3 Å². The van der Waals surface area contributed by atoms with E-state index in [2.05, 4.69) is 5.32 Å². The number of rotatable bonds is 5. The molecule has 0 spiro atoms. The van der Waals surface area contributed by atoms with Crippen molar-refractivity contribution in [1.29, 1.82) is 0 Å². The number of hydrogen-bond acceptors (Lipinski definition) is 3. The summed E-state index contributed by atoms with van der Waals surface area (Å²) in [6, 6.07) is -0.208. The van der Waals surface area contributed by atoms with Crippen molar-refractivity contribution in [2.75, 3.05) is 32.7 Å². The van der Waals surface area contributed by atoms with Crippen molar-refractivity contribution in [2.24, 2.45) is 5.92 Å². The van der Waals surface area contributed by atoms with Crippen LogP contribution in [0.5, 0.6) is 0 Å². The maximum absolute atomic E-state index is 12.7. The van der Waals surface area contributed by atoms with Crippen molar-refractivity contribution in [2.45, 2.75) is 51.2 Å². The van der Waals surface area contributed by atoms with E-state index >= 15 is 0 Å². The molecule has 2 atom stereocenters. The first-order chi connectivity index (χ1) is 11.3. The Morgan fingerprint density at radius 2 is 2.00 bits per heavy atom. The van der Waals surface area contributed by atoms with Gasteiger partial charge in [-0.1, -0.05) is 6.92 Å². The summed E-state index contributed by atoms with van der Waals surface area (Å²) in [6.07, 6.45) is -1.00. The molecular formula is C16H26F3N3O2. The zero-order valence-electron chi connectivity index (χ0n) is 14.1. The molecule has 0 bridgehead atoms. The minimum atomic E-state index is -4.40. The van der Waals surface area contributed by atoms with Crippen LogP contribution in [0, 0.1) is 5.92 Å². The molecule has 2 rings (SSSR count). The number of amides is 2. The summed E-state index contributed by atoms with van der Waals surface area (Å²) in [7, 11) is 0. The fourth-order valence-electron chi connectivity index (χ4n) is 3.51. The van der Waals surface area contributed by atoms with Crippen molar-refractivity contribution < 1.29 is 22.8 Å². The predicted molar refractivity (Wildman–Crippen MR) is 83.3 cm³/mol. The van der Waals surface area contributed by atoms with Crippen molar-refractivity contribution >= 4 is 11.8 Å². The second-order valence-corrected chi connectivity index (χ2v) is 6.65. The average Bonchev–Trinajstić information content (AvgIpc) is 3.06. The number of halogens is 3. The Bertz CT molecular complexity index is 450. The van der Waals surface area contributed by atoms with E-state index in [9.17, 15) is 22.8 Å². The van der Waals surface area contributed by atoms with Gasteiger partial charge in [-0.3, -0.25) is 9.59 Å². The standard InChI is InChI=1S/C16H26F3N3O2/c1-2-8-22(11-16(17,18)19)14(23)12-5-4-9-21(10-12)15(24)13-6-3-7-20-13/h12-13,20H,2-11H2,1H3. The monoisotopic (exact) mass is 349 g/mol. The summed E-state index contributed by atoms with van der Waals surface area (Å²) in [5.74, 6) is -1.04. The molecule has 2 amide bonds. The summed E-state index contributed by atoms with van der Waals surface area (Å²) in [5.41, 5.74) is 0. The van der Waals surface area contributed by atoms with E-state index < -0.39 is 24.5 Å². The smallest absolute Gasteiger partial charge is 0.341 e. The van der Waals surface area contributed by atoms with Crippen molar-refractivity contribution in [3.05, 3.63) is 0 Å². The minimum absolute atomic E-state index is 0.0251. The lowest BCUT2D eigenvalue weighted by atomic mass is 9.95. The molecule has 2 aliphatic heterocycles. The molecule has 0 aromatic rings. The topological polar surface area (TPSA) is 52.7 Å². The van der Waals surface area contributed by atoms with Crippen LogP contribution in [0.1, 0.15) is 39.0 Å². The average molecular weight is 349 g/mol. The zero-order chi connectivity index (χ0) is 17.7. The number of hydrogen-bond donors (Lipinski definition) is 1. The fourth-order valence-corrected chi connectivity index (χ4v) is 3.51. The maximum Gasteiger partial charge on any atom is 0.406 e. The predicted octanol–water partition coefficient (Wildman–Crippen LogP) is 1.78. The molecule has 2 aliphatic rings. The normalized spacial score (nSPS) is 24.9. The first-order valence-corrected chi connectivity index (χ1v) is 8.69. The van der Waals surface area contributed by atoms with E-state index in [0.29, 0.717) is 25.8 Å². The highest BCUT2D eigenvalue weighted by molar-refractivity contribution is 5.84. The molecule has 2 unspecified atom stereocenters. The third-order valence-corrected chi connectivity index (χ3v) is 4.62. The van der Waals surface area contributed by atoms with Crippen molar-refractivity contribution in [1.82, 2.24) is 15.1 Å². The summed E-state index contributed by atoms with van der Waals surface area (Å²) in [6.45, 7) is 2.24. The Hall–Kier alpha value is -1.31. The number of likely N-dealkylation sites (tertiary alicyclic amines) is 1.